The Labute approximate surface area is 98.3 Å². The van der Waals surface area contributed by atoms with E-state index in [-0.39, 0.29) is 17.3 Å². The molecule has 1 aromatic carbocycles. The van der Waals surface area contributed by atoms with E-state index in [9.17, 15) is 8.42 Å². The number of nitrogens with two attached hydrogens (primary N) is 1. The third-order valence-corrected chi connectivity index (χ3v) is 4.11. The van der Waals surface area contributed by atoms with Crippen LogP contribution < -0.4 is 5.14 Å². The molecule has 7 heteroatoms. The quantitative estimate of drug-likeness (QED) is 0.638. The second kappa shape index (κ2) is 5.65. The summed E-state index contributed by atoms with van der Waals surface area (Å²) in [5.74, 6) is 0.211. The largest absolute Gasteiger partial charge is 0.394 e. The van der Waals surface area contributed by atoms with Crippen molar-refractivity contribution in [3.05, 3.63) is 24.3 Å². The summed E-state index contributed by atoms with van der Waals surface area (Å²) in [5.41, 5.74) is 0. The number of hydrogen-bond acceptors (Lipinski definition) is 5. The predicted octanol–water partition coefficient (Wildman–Crippen LogP) is -0.221. The number of rotatable bonds is 5. The normalized spacial score (nSPS) is 13.7. The van der Waals surface area contributed by atoms with Gasteiger partial charge in [-0.15, -0.1) is 11.8 Å². The average molecular weight is 263 g/mol. The molecule has 0 aliphatic rings. The molecule has 0 aromatic heterocycles. The molecular formula is C9H13NO4S2. The summed E-state index contributed by atoms with van der Waals surface area (Å²) in [6.07, 6.45) is -0.876. The van der Waals surface area contributed by atoms with Gasteiger partial charge < -0.3 is 10.2 Å². The van der Waals surface area contributed by atoms with Crippen molar-refractivity contribution in [2.45, 2.75) is 15.9 Å². The topological polar surface area (TPSA) is 101 Å². The number of hydrogen-bond donors (Lipinski definition) is 3. The molecule has 1 atom stereocenters. The molecule has 0 spiro atoms. The predicted molar refractivity (Wildman–Crippen MR) is 61.6 cm³/mol. The van der Waals surface area contributed by atoms with Crippen LogP contribution >= 0.6 is 11.8 Å². The second-order valence-corrected chi connectivity index (χ2v) is 5.73. The van der Waals surface area contributed by atoms with Crippen molar-refractivity contribution < 1.29 is 18.6 Å². The highest BCUT2D eigenvalue weighted by Crippen LogP contribution is 2.25. The molecule has 0 saturated carbocycles. The molecule has 0 bridgehead atoms. The molecule has 0 aliphatic carbocycles. The summed E-state index contributed by atoms with van der Waals surface area (Å²) in [5, 5.41) is 22.8. The molecule has 1 aromatic rings. The van der Waals surface area contributed by atoms with Gasteiger partial charge in [0.15, 0.2) is 0 Å². The Kier molecular flexibility index (Phi) is 4.75. The highest BCUT2D eigenvalue weighted by Gasteiger charge is 2.14. The Morgan fingerprint density at radius 2 is 2.00 bits per heavy atom. The van der Waals surface area contributed by atoms with Crippen LogP contribution in [0.25, 0.3) is 0 Å². The molecule has 16 heavy (non-hydrogen) atoms. The molecule has 1 unspecified atom stereocenters. The number of primary sulfonamides is 1. The van der Waals surface area contributed by atoms with Gasteiger partial charge in [-0.3, -0.25) is 0 Å². The van der Waals surface area contributed by atoms with Gasteiger partial charge >= 0.3 is 0 Å². The van der Waals surface area contributed by atoms with Gasteiger partial charge in [-0.1, -0.05) is 12.1 Å². The van der Waals surface area contributed by atoms with Crippen LogP contribution in [0.15, 0.2) is 34.1 Å². The van der Waals surface area contributed by atoms with Gasteiger partial charge in [0.1, 0.15) is 0 Å². The molecule has 0 saturated heterocycles. The van der Waals surface area contributed by atoms with E-state index in [0.29, 0.717) is 4.90 Å². The van der Waals surface area contributed by atoms with Gasteiger partial charge in [0.05, 0.1) is 17.6 Å². The van der Waals surface area contributed by atoms with Crippen molar-refractivity contribution in [3.63, 3.8) is 0 Å². The summed E-state index contributed by atoms with van der Waals surface area (Å²) in [6, 6.07) is 6.27. The van der Waals surface area contributed by atoms with Crippen molar-refractivity contribution in [2.24, 2.45) is 5.14 Å². The number of sulfonamides is 1. The fourth-order valence-electron chi connectivity index (χ4n) is 1.04. The van der Waals surface area contributed by atoms with Gasteiger partial charge in [0.25, 0.3) is 0 Å². The van der Waals surface area contributed by atoms with Crippen molar-refractivity contribution in [1.82, 2.24) is 0 Å². The molecule has 4 N–H and O–H groups in total. The fourth-order valence-corrected chi connectivity index (χ4v) is 3.05. The monoisotopic (exact) mass is 263 g/mol. The molecular weight excluding hydrogens is 250 g/mol. The van der Waals surface area contributed by atoms with Gasteiger partial charge in [-0.2, -0.15) is 0 Å². The van der Waals surface area contributed by atoms with E-state index in [2.05, 4.69) is 0 Å². The molecule has 0 aliphatic heterocycles. The second-order valence-electron chi connectivity index (χ2n) is 3.14. The molecule has 0 radical (unpaired) electrons. The van der Waals surface area contributed by atoms with Gasteiger partial charge in [-0.25, -0.2) is 13.6 Å². The first-order valence-corrected chi connectivity index (χ1v) is 7.02. The number of benzene rings is 1. The highest BCUT2D eigenvalue weighted by molar-refractivity contribution is 8.00. The van der Waals surface area contributed by atoms with Crippen molar-refractivity contribution >= 4 is 21.8 Å². The van der Waals surface area contributed by atoms with Crippen LogP contribution in [-0.2, 0) is 10.0 Å². The lowest BCUT2D eigenvalue weighted by Gasteiger charge is -2.09. The minimum absolute atomic E-state index is 0.0325. The summed E-state index contributed by atoms with van der Waals surface area (Å²) < 4.78 is 22.4. The molecule has 5 nitrogen and oxygen atoms in total. The summed E-state index contributed by atoms with van der Waals surface area (Å²) in [6.45, 7) is -0.357. The smallest absolute Gasteiger partial charge is 0.239 e. The van der Waals surface area contributed by atoms with Gasteiger partial charge in [-0.05, 0) is 12.1 Å². The number of aliphatic hydroxyl groups is 2. The summed E-state index contributed by atoms with van der Waals surface area (Å²) in [4.78, 5) is 0.502. The zero-order chi connectivity index (χ0) is 12.2. The lowest BCUT2D eigenvalue weighted by Crippen LogP contribution is -2.16. The van der Waals surface area contributed by atoms with E-state index in [1.54, 1.807) is 18.2 Å². The lowest BCUT2D eigenvalue weighted by atomic mass is 10.4. The maximum Gasteiger partial charge on any atom is 0.239 e. The van der Waals surface area contributed by atoms with Crippen LogP contribution in [0.2, 0.25) is 0 Å². The average Bonchev–Trinajstić information content (AvgIpc) is 2.25. The third kappa shape index (κ3) is 3.76. The van der Waals surface area contributed by atoms with Crippen LogP contribution in [-0.4, -0.2) is 37.1 Å². The summed E-state index contributed by atoms with van der Waals surface area (Å²) in [7, 11) is -3.75. The Morgan fingerprint density at radius 1 is 1.38 bits per heavy atom. The van der Waals surface area contributed by atoms with E-state index in [4.69, 9.17) is 15.4 Å². The van der Waals surface area contributed by atoms with Crippen molar-refractivity contribution in [3.8, 4) is 0 Å². The molecule has 90 valence electrons. The Balaban J connectivity index is 2.88. The van der Waals surface area contributed by atoms with Crippen LogP contribution in [0.4, 0.5) is 0 Å². The van der Waals surface area contributed by atoms with Crippen molar-refractivity contribution in [2.75, 3.05) is 12.4 Å². The standard InChI is InChI=1S/C9H13NO4S2/c10-16(13,14)9-4-2-1-3-8(9)15-6-7(12)5-11/h1-4,7,11-12H,5-6H2,(H2,10,13,14). The first kappa shape index (κ1) is 13.5. The Morgan fingerprint density at radius 3 is 2.56 bits per heavy atom. The third-order valence-electron chi connectivity index (χ3n) is 1.80. The zero-order valence-electron chi connectivity index (χ0n) is 8.41. The van der Waals surface area contributed by atoms with E-state index in [1.165, 1.54) is 6.07 Å². The van der Waals surface area contributed by atoms with E-state index >= 15 is 0 Å². The number of thioether (sulfide) groups is 1. The first-order chi connectivity index (χ1) is 7.45. The highest BCUT2D eigenvalue weighted by atomic mass is 32.2. The van der Waals surface area contributed by atoms with E-state index < -0.39 is 16.1 Å². The molecule has 1 rings (SSSR count). The minimum atomic E-state index is -3.75. The fraction of sp³-hybridized carbons (Fsp3) is 0.333. The molecule has 0 fully saturated rings. The Hall–Kier alpha value is -0.600. The maximum atomic E-state index is 11.2. The first-order valence-electron chi connectivity index (χ1n) is 4.48. The van der Waals surface area contributed by atoms with Gasteiger partial charge in [0.2, 0.25) is 10.0 Å². The van der Waals surface area contributed by atoms with Crippen LogP contribution in [0.5, 0.6) is 0 Å². The van der Waals surface area contributed by atoms with E-state index in [1.807, 2.05) is 0 Å². The van der Waals surface area contributed by atoms with E-state index in [0.717, 1.165) is 11.8 Å². The minimum Gasteiger partial charge on any atom is -0.394 e. The van der Waals surface area contributed by atoms with Crippen LogP contribution in [0.1, 0.15) is 0 Å². The SMILES string of the molecule is NS(=O)(=O)c1ccccc1SCC(O)CO. The lowest BCUT2D eigenvalue weighted by molar-refractivity contribution is 0.113. The zero-order valence-corrected chi connectivity index (χ0v) is 10.0. The maximum absolute atomic E-state index is 11.2. The molecule has 0 amide bonds. The Bertz CT molecular complexity index is 447. The van der Waals surface area contributed by atoms with Crippen LogP contribution in [0, 0.1) is 0 Å². The number of aliphatic hydroxyl groups excluding tert-OH is 2. The van der Waals surface area contributed by atoms with Crippen LogP contribution in [0.3, 0.4) is 0 Å². The van der Waals surface area contributed by atoms with Gasteiger partial charge in [0, 0.05) is 10.6 Å². The van der Waals surface area contributed by atoms with Crippen molar-refractivity contribution in [1.29, 1.82) is 0 Å². The summed E-state index contributed by atoms with van der Waals surface area (Å²) >= 11 is 1.14. The molecule has 0 heterocycles.